The van der Waals surface area contributed by atoms with Gasteiger partial charge >= 0.3 is 5.97 Å². The molecule has 0 saturated carbocycles. The topological polar surface area (TPSA) is 77.4 Å². The average Bonchev–Trinajstić information content (AvgIpc) is 2.75. The summed E-state index contributed by atoms with van der Waals surface area (Å²) in [5.74, 6) is 0.763. The number of hydrogen-bond donors (Lipinski definition) is 1. The molecule has 2 aromatic carbocycles. The van der Waals surface area contributed by atoms with E-state index in [1.165, 1.54) is 7.11 Å². The highest BCUT2D eigenvalue weighted by Gasteiger charge is 2.12. The van der Waals surface area contributed by atoms with E-state index in [2.05, 4.69) is 5.16 Å². The molecule has 0 radical (unpaired) electrons. The van der Waals surface area contributed by atoms with E-state index in [9.17, 15) is 4.79 Å². The van der Waals surface area contributed by atoms with Crippen molar-refractivity contribution in [3.63, 3.8) is 0 Å². The first-order chi connectivity index (χ1) is 14.1. The third kappa shape index (κ3) is 6.68. The van der Waals surface area contributed by atoms with Gasteiger partial charge in [-0.05, 0) is 65.8 Å². The fourth-order valence-electron chi connectivity index (χ4n) is 3.01. The van der Waals surface area contributed by atoms with Crippen LogP contribution in [0.25, 0.3) is 5.57 Å². The first-order valence-electron chi connectivity index (χ1n) is 9.39. The molecule has 0 saturated heterocycles. The Labute approximate surface area is 171 Å². The van der Waals surface area contributed by atoms with Gasteiger partial charge in [-0.25, -0.2) is 0 Å². The summed E-state index contributed by atoms with van der Waals surface area (Å²) in [5, 5.41) is 12.9. The molecule has 0 aromatic heterocycles. The van der Waals surface area contributed by atoms with Crippen LogP contribution in [0.2, 0.25) is 0 Å². The molecule has 0 amide bonds. The minimum atomic E-state index is -0.786. The number of oxime groups is 1. The van der Waals surface area contributed by atoms with Gasteiger partial charge in [0.2, 0.25) is 0 Å². The largest absolute Gasteiger partial charge is 0.497 e. The number of hydrogen-bond acceptors (Lipinski definition) is 5. The number of carboxylic acid groups (broad SMARTS) is 1. The number of carboxylic acids is 1. The second kappa shape index (κ2) is 11.5. The van der Waals surface area contributed by atoms with Crippen molar-refractivity contribution in [2.24, 2.45) is 5.16 Å². The molecule has 154 valence electrons. The predicted octanol–water partition coefficient (Wildman–Crippen LogP) is 4.78. The van der Waals surface area contributed by atoms with Crippen LogP contribution in [-0.4, -0.2) is 38.6 Å². The van der Waals surface area contributed by atoms with Gasteiger partial charge in [0.15, 0.2) is 0 Å². The molecule has 0 spiro atoms. The molecular formula is C23H27NO5. The summed E-state index contributed by atoms with van der Waals surface area (Å²) < 4.78 is 10.6. The van der Waals surface area contributed by atoms with Gasteiger partial charge in [0.25, 0.3) is 0 Å². The molecular weight excluding hydrogens is 370 g/mol. The Morgan fingerprint density at radius 1 is 0.862 bits per heavy atom. The van der Waals surface area contributed by atoms with Gasteiger partial charge in [0.05, 0.1) is 20.4 Å². The van der Waals surface area contributed by atoms with E-state index in [1.54, 1.807) is 20.4 Å². The third-order valence-electron chi connectivity index (χ3n) is 4.48. The van der Waals surface area contributed by atoms with Crippen molar-refractivity contribution in [1.82, 2.24) is 0 Å². The molecule has 0 unspecified atom stereocenters. The second-order valence-electron chi connectivity index (χ2n) is 6.38. The predicted molar refractivity (Wildman–Crippen MR) is 114 cm³/mol. The maximum Gasteiger partial charge on any atom is 0.303 e. The van der Waals surface area contributed by atoms with Crippen molar-refractivity contribution in [3.8, 4) is 11.5 Å². The monoisotopic (exact) mass is 397 g/mol. The molecule has 0 heterocycles. The highest BCUT2D eigenvalue weighted by Crippen LogP contribution is 2.31. The Morgan fingerprint density at radius 2 is 1.34 bits per heavy atom. The van der Waals surface area contributed by atoms with Crippen molar-refractivity contribution in [2.45, 2.75) is 25.7 Å². The highest BCUT2D eigenvalue weighted by molar-refractivity contribution is 5.96. The molecule has 29 heavy (non-hydrogen) atoms. The Hall–Kier alpha value is -3.28. The zero-order chi connectivity index (χ0) is 21.1. The molecule has 6 nitrogen and oxygen atoms in total. The smallest absolute Gasteiger partial charge is 0.303 e. The maximum absolute atomic E-state index is 10.8. The lowest BCUT2D eigenvalue weighted by Crippen LogP contribution is -1.99. The summed E-state index contributed by atoms with van der Waals surface area (Å²) >= 11 is 0. The quantitative estimate of drug-likeness (QED) is 0.335. The first kappa shape index (κ1) is 22.0. The van der Waals surface area contributed by atoms with Crippen LogP contribution in [-0.2, 0) is 9.63 Å². The van der Waals surface area contributed by atoms with Gasteiger partial charge in [0, 0.05) is 6.42 Å². The Balaban J connectivity index is 2.50. The summed E-state index contributed by atoms with van der Waals surface area (Å²) in [6.07, 6.45) is 3.85. The van der Waals surface area contributed by atoms with Crippen LogP contribution >= 0.6 is 0 Å². The van der Waals surface area contributed by atoms with Crippen LogP contribution in [0.15, 0.2) is 59.3 Å². The van der Waals surface area contributed by atoms with Gasteiger partial charge in [-0.3, -0.25) is 4.79 Å². The number of methoxy groups -OCH3 is 2. The molecule has 0 aliphatic carbocycles. The van der Waals surface area contributed by atoms with E-state index in [0.717, 1.165) is 40.2 Å². The van der Waals surface area contributed by atoms with Gasteiger partial charge < -0.3 is 19.4 Å². The van der Waals surface area contributed by atoms with E-state index < -0.39 is 5.97 Å². The van der Waals surface area contributed by atoms with Crippen LogP contribution in [0, 0.1) is 0 Å². The lowest BCUT2D eigenvalue weighted by Gasteiger charge is -2.15. The van der Waals surface area contributed by atoms with Crippen LogP contribution in [0.4, 0.5) is 0 Å². The Morgan fingerprint density at radius 3 is 1.76 bits per heavy atom. The number of benzene rings is 2. The Bertz CT molecular complexity index is 789. The lowest BCUT2D eigenvalue weighted by molar-refractivity contribution is -0.137. The summed E-state index contributed by atoms with van der Waals surface area (Å²) in [7, 11) is 4.77. The fourth-order valence-corrected chi connectivity index (χ4v) is 3.01. The molecule has 0 atom stereocenters. The number of carbonyl (C=O) groups is 1. The average molecular weight is 397 g/mol. The number of ether oxygens (including phenoxy) is 2. The molecule has 2 aromatic rings. The van der Waals surface area contributed by atoms with Crippen molar-refractivity contribution in [1.29, 1.82) is 0 Å². The number of nitrogens with zero attached hydrogens (tertiary/aromatic N) is 1. The number of rotatable bonds is 11. The zero-order valence-electron chi connectivity index (χ0n) is 17.1. The van der Waals surface area contributed by atoms with Gasteiger partial charge in [0.1, 0.15) is 18.6 Å². The summed E-state index contributed by atoms with van der Waals surface area (Å²) in [4.78, 5) is 15.7. The van der Waals surface area contributed by atoms with Crippen molar-refractivity contribution < 1.29 is 24.2 Å². The summed E-state index contributed by atoms with van der Waals surface area (Å²) in [5.41, 5.74) is 3.98. The standard InChI is InChI=1S/C23H27NO5/c1-27-20-12-8-17(9-13-20)23(18-10-14-21(28-2)15-11-18)19(16-24-29-3)6-4-5-7-22(25)26/h8-16H,4-7H2,1-3H3,(H,25,26). The van der Waals surface area contributed by atoms with Crippen molar-refractivity contribution in [3.05, 3.63) is 65.2 Å². The molecule has 2 rings (SSSR count). The van der Waals surface area contributed by atoms with E-state index in [-0.39, 0.29) is 6.42 Å². The Kier molecular flexibility index (Phi) is 8.76. The van der Waals surface area contributed by atoms with Crippen LogP contribution in [0.5, 0.6) is 11.5 Å². The van der Waals surface area contributed by atoms with Crippen LogP contribution < -0.4 is 9.47 Å². The maximum atomic E-state index is 10.8. The van der Waals surface area contributed by atoms with Gasteiger partial charge in [-0.1, -0.05) is 29.4 Å². The SMILES string of the molecule is CON=CC(CCCCC(=O)O)=C(c1ccc(OC)cc1)c1ccc(OC)cc1. The number of allylic oxidation sites excluding steroid dienone is 1. The second-order valence-corrected chi connectivity index (χ2v) is 6.38. The third-order valence-corrected chi connectivity index (χ3v) is 4.48. The first-order valence-corrected chi connectivity index (χ1v) is 9.39. The van der Waals surface area contributed by atoms with Crippen LogP contribution in [0.3, 0.4) is 0 Å². The summed E-state index contributed by atoms with van der Waals surface area (Å²) in [6.45, 7) is 0. The normalized spacial score (nSPS) is 10.6. The van der Waals surface area contributed by atoms with E-state index in [0.29, 0.717) is 12.8 Å². The molecule has 1 N–H and O–H groups in total. The molecule has 0 fully saturated rings. The van der Waals surface area contributed by atoms with Gasteiger partial charge in [-0.15, -0.1) is 0 Å². The summed E-state index contributed by atoms with van der Waals surface area (Å²) in [6, 6.07) is 15.6. The molecule has 0 aliphatic rings. The molecule has 6 heteroatoms. The van der Waals surface area contributed by atoms with Crippen LogP contribution in [0.1, 0.15) is 36.8 Å². The lowest BCUT2D eigenvalue weighted by atomic mass is 9.90. The fraction of sp³-hybridized carbons (Fsp3) is 0.304. The number of aliphatic carboxylic acids is 1. The number of unbranched alkanes of at least 4 members (excludes halogenated alkanes) is 1. The van der Waals surface area contributed by atoms with Gasteiger partial charge in [-0.2, -0.15) is 0 Å². The highest BCUT2D eigenvalue weighted by atomic mass is 16.6. The molecule has 0 bridgehead atoms. The molecule has 0 aliphatic heterocycles. The van der Waals surface area contributed by atoms with Crippen molar-refractivity contribution in [2.75, 3.05) is 21.3 Å². The van der Waals surface area contributed by atoms with E-state index >= 15 is 0 Å². The minimum absolute atomic E-state index is 0.148. The van der Waals surface area contributed by atoms with E-state index in [1.807, 2.05) is 48.5 Å². The van der Waals surface area contributed by atoms with Crippen molar-refractivity contribution >= 4 is 17.8 Å². The van der Waals surface area contributed by atoms with E-state index in [4.69, 9.17) is 19.4 Å². The zero-order valence-corrected chi connectivity index (χ0v) is 17.1. The minimum Gasteiger partial charge on any atom is -0.497 e.